The Hall–Kier alpha value is -0.580. The average molecular weight is 266 g/mol. The number of pyridine rings is 1. The Morgan fingerprint density at radius 2 is 1.93 bits per heavy atom. The summed E-state index contributed by atoms with van der Waals surface area (Å²) >= 11 is 3.09. The normalized spacial score (nSPS) is 19.4. The Labute approximate surface area is 87.5 Å². The Bertz CT molecular complexity index is 340. The van der Waals surface area contributed by atoms with Crippen molar-refractivity contribution in [1.82, 2.24) is 4.98 Å². The quantitative estimate of drug-likeness (QED) is 0.709. The molecule has 1 nitrogen and oxygen atoms in total. The Kier molecular flexibility index (Phi) is 2.10. The van der Waals surface area contributed by atoms with Crippen molar-refractivity contribution in [2.45, 2.75) is 24.4 Å². The highest BCUT2D eigenvalue weighted by Crippen LogP contribution is 2.58. The fourth-order valence-corrected chi connectivity index (χ4v) is 1.75. The van der Waals surface area contributed by atoms with Crippen LogP contribution in [0.3, 0.4) is 0 Å². The fourth-order valence-electron chi connectivity index (χ4n) is 1.52. The molecule has 0 aromatic carbocycles. The molecule has 0 spiro atoms. The van der Waals surface area contributed by atoms with Crippen molar-refractivity contribution in [2.75, 3.05) is 0 Å². The Balaban J connectivity index is 2.36. The molecule has 0 amide bonds. The third-order valence-corrected chi connectivity index (χ3v) is 3.04. The predicted octanol–water partition coefficient (Wildman–Crippen LogP) is 3.44. The third kappa shape index (κ3) is 1.43. The number of hydrogen-bond acceptors (Lipinski definition) is 1. The Morgan fingerprint density at radius 3 is 2.29 bits per heavy atom. The lowest BCUT2D eigenvalue weighted by Gasteiger charge is -2.18. The highest BCUT2D eigenvalue weighted by Gasteiger charge is 2.64. The fraction of sp³-hybridized carbons (Fsp3) is 0.444. The standard InChI is InChI=1S/C9H7BrF3N/c10-7-2-1-6(5-14-7)8(3-4-8)9(11,12)13/h1-2,5H,3-4H2. The van der Waals surface area contributed by atoms with Crippen LogP contribution >= 0.6 is 15.9 Å². The summed E-state index contributed by atoms with van der Waals surface area (Å²) in [5.74, 6) is 0. The molecule has 76 valence electrons. The third-order valence-electron chi connectivity index (χ3n) is 2.57. The van der Waals surface area contributed by atoms with Gasteiger partial charge in [-0.3, -0.25) is 0 Å². The zero-order chi connectivity index (χ0) is 10.4. The molecule has 0 unspecified atom stereocenters. The molecule has 1 heterocycles. The molecular formula is C9H7BrF3N. The van der Waals surface area contributed by atoms with Gasteiger partial charge in [-0.15, -0.1) is 0 Å². The van der Waals surface area contributed by atoms with E-state index in [0.29, 0.717) is 4.60 Å². The van der Waals surface area contributed by atoms with Gasteiger partial charge in [-0.1, -0.05) is 6.07 Å². The summed E-state index contributed by atoms with van der Waals surface area (Å²) in [7, 11) is 0. The highest BCUT2D eigenvalue weighted by atomic mass is 79.9. The van der Waals surface area contributed by atoms with E-state index < -0.39 is 11.6 Å². The van der Waals surface area contributed by atoms with Crippen molar-refractivity contribution < 1.29 is 13.2 Å². The van der Waals surface area contributed by atoms with Gasteiger partial charge in [0.2, 0.25) is 0 Å². The maximum atomic E-state index is 12.6. The van der Waals surface area contributed by atoms with Crippen molar-refractivity contribution in [3.05, 3.63) is 28.5 Å². The van der Waals surface area contributed by atoms with Gasteiger partial charge >= 0.3 is 6.18 Å². The molecule has 0 aliphatic heterocycles. The zero-order valence-electron chi connectivity index (χ0n) is 7.11. The average Bonchev–Trinajstić information content (AvgIpc) is 2.84. The van der Waals surface area contributed by atoms with Crippen LogP contribution in [0.1, 0.15) is 18.4 Å². The van der Waals surface area contributed by atoms with Gasteiger partial charge < -0.3 is 0 Å². The summed E-state index contributed by atoms with van der Waals surface area (Å²) in [6.45, 7) is 0. The monoisotopic (exact) mass is 265 g/mol. The van der Waals surface area contributed by atoms with E-state index >= 15 is 0 Å². The van der Waals surface area contributed by atoms with E-state index in [1.54, 1.807) is 6.07 Å². The summed E-state index contributed by atoms with van der Waals surface area (Å²) < 4.78 is 38.5. The van der Waals surface area contributed by atoms with Crippen LogP contribution < -0.4 is 0 Å². The molecule has 0 saturated heterocycles. The van der Waals surface area contributed by atoms with Crippen molar-refractivity contribution in [2.24, 2.45) is 0 Å². The van der Waals surface area contributed by atoms with Gasteiger partial charge in [-0.2, -0.15) is 13.2 Å². The van der Waals surface area contributed by atoms with E-state index in [2.05, 4.69) is 20.9 Å². The first-order valence-corrected chi connectivity index (χ1v) is 4.94. The van der Waals surface area contributed by atoms with Crippen molar-refractivity contribution in [1.29, 1.82) is 0 Å². The Morgan fingerprint density at radius 1 is 1.29 bits per heavy atom. The minimum Gasteiger partial charge on any atom is -0.249 e. The summed E-state index contributed by atoms with van der Waals surface area (Å²) in [6.07, 6.45) is -2.49. The SMILES string of the molecule is FC(F)(F)C1(c2ccc(Br)nc2)CC1. The zero-order valence-corrected chi connectivity index (χ0v) is 8.69. The van der Waals surface area contributed by atoms with Crippen LogP contribution in [0.25, 0.3) is 0 Å². The van der Waals surface area contributed by atoms with Gasteiger partial charge in [-0.25, -0.2) is 4.98 Å². The first-order chi connectivity index (χ1) is 6.46. The summed E-state index contributed by atoms with van der Waals surface area (Å²) in [6, 6.07) is 3.03. The van der Waals surface area contributed by atoms with Gasteiger partial charge in [0, 0.05) is 6.20 Å². The van der Waals surface area contributed by atoms with Crippen molar-refractivity contribution in [3.8, 4) is 0 Å². The van der Waals surface area contributed by atoms with Gasteiger partial charge in [0.25, 0.3) is 0 Å². The lowest BCUT2D eigenvalue weighted by Crippen LogP contribution is -2.28. The van der Waals surface area contributed by atoms with E-state index in [1.807, 2.05) is 0 Å². The van der Waals surface area contributed by atoms with Gasteiger partial charge in [-0.05, 0) is 40.4 Å². The van der Waals surface area contributed by atoms with Crippen molar-refractivity contribution in [3.63, 3.8) is 0 Å². The van der Waals surface area contributed by atoms with Crippen molar-refractivity contribution >= 4 is 15.9 Å². The number of rotatable bonds is 1. The minimum atomic E-state index is -4.15. The molecule has 0 atom stereocenters. The number of halogens is 4. The molecule has 1 saturated carbocycles. The summed E-state index contributed by atoms with van der Waals surface area (Å²) in [4.78, 5) is 3.82. The molecule has 0 radical (unpaired) electrons. The lowest BCUT2D eigenvalue weighted by molar-refractivity contribution is -0.160. The number of hydrogen-bond donors (Lipinski definition) is 0. The molecular weight excluding hydrogens is 259 g/mol. The second-order valence-electron chi connectivity index (χ2n) is 3.45. The molecule has 0 N–H and O–H groups in total. The van der Waals surface area contributed by atoms with Crippen LogP contribution in [-0.4, -0.2) is 11.2 Å². The highest BCUT2D eigenvalue weighted by molar-refractivity contribution is 9.10. The maximum absolute atomic E-state index is 12.6. The van der Waals surface area contributed by atoms with Gasteiger partial charge in [0.15, 0.2) is 0 Å². The van der Waals surface area contributed by atoms with E-state index in [-0.39, 0.29) is 18.4 Å². The topological polar surface area (TPSA) is 12.9 Å². The van der Waals surface area contributed by atoms with E-state index in [4.69, 9.17) is 0 Å². The smallest absolute Gasteiger partial charge is 0.249 e. The molecule has 5 heteroatoms. The second-order valence-corrected chi connectivity index (χ2v) is 4.26. The lowest BCUT2D eigenvalue weighted by atomic mass is 9.97. The van der Waals surface area contributed by atoms with Crippen LogP contribution in [0.5, 0.6) is 0 Å². The molecule has 1 aromatic rings. The molecule has 1 aliphatic rings. The van der Waals surface area contributed by atoms with Crippen LogP contribution in [0, 0.1) is 0 Å². The predicted molar refractivity (Wildman–Crippen MR) is 48.9 cm³/mol. The van der Waals surface area contributed by atoms with Gasteiger partial charge in [0.05, 0.1) is 5.41 Å². The minimum absolute atomic E-state index is 0.180. The number of aromatic nitrogens is 1. The molecule has 14 heavy (non-hydrogen) atoms. The largest absolute Gasteiger partial charge is 0.398 e. The van der Waals surface area contributed by atoms with E-state index in [0.717, 1.165) is 0 Å². The maximum Gasteiger partial charge on any atom is 0.398 e. The molecule has 0 bridgehead atoms. The van der Waals surface area contributed by atoms with E-state index in [9.17, 15) is 13.2 Å². The second kappa shape index (κ2) is 2.95. The van der Waals surface area contributed by atoms with Crippen LogP contribution in [0.15, 0.2) is 22.9 Å². The van der Waals surface area contributed by atoms with Gasteiger partial charge in [0.1, 0.15) is 4.60 Å². The first-order valence-electron chi connectivity index (χ1n) is 4.14. The van der Waals surface area contributed by atoms with Crippen LogP contribution in [-0.2, 0) is 5.41 Å². The summed E-state index contributed by atoms with van der Waals surface area (Å²) in [5.41, 5.74) is -1.34. The molecule has 1 aromatic heterocycles. The molecule has 1 fully saturated rings. The van der Waals surface area contributed by atoms with Crippen LogP contribution in [0.4, 0.5) is 13.2 Å². The number of nitrogens with zero attached hydrogens (tertiary/aromatic N) is 1. The van der Waals surface area contributed by atoms with Crippen LogP contribution in [0.2, 0.25) is 0 Å². The summed E-state index contributed by atoms with van der Waals surface area (Å²) in [5, 5.41) is 0. The molecule has 1 aliphatic carbocycles. The molecule has 2 rings (SSSR count). The number of alkyl halides is 3. The first kappa shape index (κ1) is 9.96. The van der Waals surface area contributed by atoms with E-state index in [1.165, 1.54) is 12.3 Å².